The second-order valence-electron chi connectivity index (χ2n) is 5.83. The predicted octanol–water partition coefficient (Wildman–Crippen LogP) is 4.42. The van der Waals surface area contributed by atoms with E-state index in [1.807, 2.05) is 12.1 Å². The number of carbonyl (C=O) groups is 1. The molecular weight excluding hydrogens is 358 g/mol. The van der Waals surface area contributed by atoms with Gasteiger partial charge in [-0.3, -0.25) is 4.79 Å². The third-order valence-electron chi connectivity index (χ3n) is 4.01. The molecule has 0 unspecified atom stereocenters. The number of thioether (sulfide) groups is 1. The number of halogens is 1. The van der Waals surface area contributed by atoms with Gasteiger partial charge in [-0.1, -0.05) is 11.6 Å². The smallest absolute Gasteiger partial charge is 0.264 e. The maximum Gasteiger partial charge on any atom is 0.264 e. The minimum absolute atomic E-state index is 0.170. The van der Waals surface area contributed by atoms with Crippen LogP contribution in [0.25, 0.3) is 6.08 Å². The average molecular weight is 374 g/mol. The van der Waals surface area contributed by atoms with Crippen molar-refractivity contribution in [2.24, 2.45) is 4.99 Å². The first-order valence-electron chi connectivity index (χ1n) is 8.07. The molecule has 2 fully saturated rings. The lowest BCUT2D eigenvalue weighted by Crippen LogP contribution is -2.19. The van der Waals surface area contributed by atoms with Crippen LogP contribution in [0, 0.1) is 0 Å². The fourth-order valence-electron chi connectivity index (χ4n) is 2.77. The van der Waals surface area contributed by atoms with Crippen molar-refractivity contribution in [1.29, 1.82) is 0 Å². The molecule has 0 saturated carbocycles. The van der Waals surface area contributed by atoms with Crippen molar-refractivity contribution in [3.05, 3.63) is 52.1 Å². The number of benzene rings is 1. The normalized spacial score (nSPS) is 20.7. The Bertz CT molecular complexity index is 851. The van der Waals surface area contributed by atoms with Gasteiger partial charge in [-0.2, -0.15) is 0 Å². The number of furan rings is 1. The number of amides is 1. The van der Waals surface area contributed by atoms with Crippen LogP contribution in [0.4, 0.5) is 11.6 Å². The van der Waals surface area contributed by atoms with Crippen molar-refractivity contribution < 1.29 is 9.21 Å². The molecule has 1 N–H and O–H groups in total. The van der Waals surface area contributed by atoms with E-state index < -0.39 is 0 Å². The largest absolute Gasteiger partial charge is 0.441 e. The molecule has 3 heterocycles. The molecule has 2 aliphatic heterocycles. The molecule has 25 heavy (non-hydrogen) atoms. The number of amidine groups is 1. The molecule has 1 amide bonds. The quantitative estimate of drug-likeness (QED) is 0.809. The summed E-state index contributed by atoms with van der Waals surface area (Å²) in [4.78, 5) is 19.3. The number of nitrogens with one attached hydrogen (secondary N) is 1. The molecule has 0 radical (unpaired) electrons. The lowest BCUT2D eigenvalue weighted by atomic mass is 10.3. The van der Waals surface area contributed by atoms with Crippen molar-refractivity contribution in [3.8, 4) is 0 Å². The van der Waals surface area contributed by atoms with Crippen LogP contribution in [0.2, 0.25) is 5.02 Å². The summed E-state index contributed by atoms with van der Waals surface area (Å²) in [5.41, 5.74) is 0.739. The number of nitrogens with zero attached hydrogens (tertiary/aromatic N) is 2. The van der Waals surface area contributed by atoms with Gasteiger partial charge in [-0.05, 0) is 54.9 Å². The van der Waals surface area contributed by atoms with Crippen LogP contribution in [0.5, 0.6) is 0 Å². The zero-order valence-corrected chi connectivity index (χ0v) is 14.9. The highest BCUT2D eigenvalue weighted by Gasteiger charge is 2.24. The Hall–Kier alpha value is -2.18. The summed E-state index contributed by atoms with van der Waals surface area (Å²) >= 11 is 7.17. The molecule has 0 atom stereocenters. The van der Waals surface area contributed by atoms with Crippen LogP contribution in [-0.2, 0) is 4.79 Å². The summed E-state index contributed by atoms with van der Waals surface area (Å²) in [7, 11) is 0. The molecule has 5 nitrogen and oxygen atoms in total. The third-order valence-corrected chi connectivity index (χ3v) is 5.17. The van der Waals surface area contributed by atoms with Crippen LogP contribution in [0.1, 0.15) is 18.6 Å². The molecule has 2 aliphatic rings. The van der Waals surface area contributed by atoms with Gasteiger partial charge in [0, 0.05) is 30.3 Å². The Labute approximate surface area is 154 Å². The van der Waals surface area contributed by atoms with Crippen molar-refractivity contribution in [3.63, 3.8) is 0 Å². The minimum atomic E-state index is -0.170. The Balaban J connectivity index is 1.50. The zero-order valence-electron chi connectivity index (χ0n) is 13.4. The fourth-order valence-corrected chi connectivity index (χ4v) is 3.72. The van der Waals surface area contributed by atoms with Gasteiger partial charge in [-0.25, -0.2) is 4.99 Å². The van der Waals surface area contributed by atoms with Gasteiger partial charge in [-0.15, -0.1) is 0 Å². The molecule has 0 spiro atoms. The van der Waals surface area contributed by atoms with E-state index in [-0.39, 0.29) is 5.91 Å². The van der Waals surface area contributed by atoms with Crippen LogP contribution >= 0.6 is 23.4 Å². The van der Waals surface area contributed by atoms with E-state index in [2.05, 4.69) is 15.2 Å². The van der Waals surface area contributed by atoms with Crippen LogP contribution in [0.3, 0.4) is 0 Å². The summed E-state index contributed by atoms with van der Waals surface area (Å²) in [5.74, 6) is 1.37. The van der Waals surface area contributed by atoms with Crippen LogP contribution < -0.4 is 10.2 Å². The Kier molecular flexibility index (Phi) is 4.55. The molecule has 0 bridgehead atoms. The average Bonchev–Trinajstić information content (AvgIpc) is 3.32. The van der Waals surface area contributed by atoms with Crippen LogP contribution in [-0.4, -0.2) is 24.2 Å². The lowest BCUT2D eigenvalue weighted by Gasteiger charge is -2.12. The van der Waals surface area contributed by atoms with E-state index in [1.54, 1.807) is 30.3 Å². The number of rotatable bonds is 3. The number of hydrogen-bond donors (Lipinski definition) is 1. The lowest BCUT2D eigenvalue weighted by molar-refractivity contribution is -0.115. The van der Waals surface area contributed by atoms with Gasteiger partial charge in [0.25, 0.3) is 5.91 Å². The number of hydrogen-bond acceptors (Lipinski definition) is 5. The Morgan fingerprint density at radius 2 is 1.92 bits per heavy atom. The van der Waals surface area contributed by atoms with Gasteiger partial charge in [0.05, 0.1) is 10.6 Å². The standard InChI is InChI=1S/C18H16ClN3O2S/c19-12-3-5-13(6-4-12)20-18-21-17(23)15(25-18)11-14-7-8-16(24-14)22-9-1-2-10-22/h3-8,11H,1-2,9-10H2,(H,20,21,23)/b15-11+. The highest BCUT2D eigenvalue weighted by atomic mass is 35.5. The van der Waals surface area contributed by atoms with E-state index in [0.29, 0.717) is 20.9 Å². The van der Waals surface area contributed by atoms with Crippen molar-refractivity contribution in [1.82, 2.24) is 5.32 Å². The molecule has 2 saturated heterocycles. The SMILES string of the molecule is O=C1NC(=Nc2ccc(Cl)cc2)S/C1=C/c1ccc(N2CCCC2)o1. The molecule has 1 aromatic carbocycles. The monoisotopic (exact) mass is 373 g/mol. The fraction of sp³-hybridized carbons (Fsp3) is 0.222. The summed E-state index contributed by atoms with van der Waals surface area (Å²) in [6.07, 6.45) is 4.14. The molecule has 128 valence electrons. The summed E-state index contributed by atoms with van der Waals surface area (Å²) in [5, 5.41) is 3.97. The van der Waals surface area contributed by atoms with Gasteiger partial charge < -0.3 is 14.6 Å². The molecular formula is C18H16ClN3O2S. The molecule has 7 heteroatoms. The summed E-state index contributed by atoms with van der Waals surface area (Å²) < 4.78 is 5.85. The zero-order chi connectivity index (χ0) is 17.2. The van der Waals surface area contributed by atoms with Crippen molar-refractivity contribution in [2.75, 3.05) is 18.0 Å². The second-order valence-corrected chi connectivity index (χ2v) is 7.30. The molecule has 2 aromatic rings. The second kappa shape index (κ2) is 6.98. The maximum atomic E-state index is 12.1. The van der Waals surface area contributed by atoms with Crippen molar-refractivity contribution >= 4 is 52.1 Å². The highest BCUT2D eigenvalue weighted by Crippen LogP contribution is 2.30. The number of aliphatic imine (C=N–C) groups is 1. The Morgan fingerprint density at radius 1 is 1.16 bits per heavy atom. The summed E-state index contributed by atoms with van der Waals surface area (Å²) in [6, 6.07) is 11.0. The van der Waals surface area contributed by atoms with Gasteiger partial charge in [0.15, 0.2) is 11.1 Å². The van der Waals surface area contributed by atoms with Gasteiger partial charge >= 0.3 is 0 Å². The molecule has 1 aromatic heterocycles. The van der Waals surface area contributed by atoms with E-state index in [4.69, 9.17) is 16.0 Å². The topological polar surface area (TPSA) is 57.8 Å². The van der Waals surface area contributed by atoms with Crippen molar-refractivity contribution in [2.45, 2.75) is 12.8 Å². The number of anilines is 1. The first-order valence-corrected chi connectivity index (χ1v) is 9.27. The number of carbonyl (C=O) groups excluding carboxylic acids is 1. The predicted molar refractivity (Wildman–Crippen MR) is 102 cm³/mol. The van der Waals surface area contributed by atoms with Crippen LogP contribution in [0.15, 0.2) is 50.7 Å². The third kappa shape index (κ3) is 3.75. The first kappa shape index (κ1) is 16.3. The molecule has 0 aliphatic carbocycles. The first-order chi connectivity index (χ1) is 12.2. The van der Waals surface area contributed by atoms with E-state index in [0.717, 1.165) is 24.7 Å². The highest BCUT2D eigenvalue weighted by molar-refractivity contribution is 8.18. The van der Waals surface area contributed by atoms with E-state index >= 15 is 0 Å². The van der Waals surface area contributed by atoms with E-state index in [9.17, 15) is 4.79 Å². The Morgan fingerprint density at radius 3 is 2.68 bits per heavy atom. The summed E-state index contributed by atoms with van der Waals surface area (Å²) in [6.45, 7) is 2.05. The minimum Gasteiger partial charge on any atom is -0.441 e. The molecule has 4 rings (SSSR count). The maximum absolute atomic E-state index is 12.1. The van der Waals surface area contributed by atoms with E-state index in [1.165, 1.54) is 24.6 Å². The van der Waals surface area contributed by atoms with Gasteiger partial charge in [0.1, 0.15) is 5.76 Å². The van der Waals surface area contributed by atoms with Gasteiger partial charge in [0.2, 0.25) is 0 Å².